The minimum atomic E-state index is -0.412. The number of hydrogen-bond donors (Lipinski definition) is 4. The van der Waals surface area contributed by atoms with Crippen LogP contribution in [0.25, 0.3) is 0 Å². The van der Waals surface area contributed by atoms with Gasteiger partial charge < -0.3 is 20.6 Å². The molecule has 0 bridgehead atoms. The lowest BCUT2D eigenvalue weighted by Crippen LogP contribution is -2.46. The lowest BCUT2D eigenvalue weighted by atomic mass is 9.55. The lowest BCUT2D eigenvalue weighted by molar-refractivity contribution is -0.0715. The number of pyridine rings is 1. The molecule has 2 fully saturated rings. The van der Waals surface area contributed by atoms with E-state index < -0.39 is 6.10 Å². The van der Waals surface area contributed by atoms with Gasteiger partial charge in [-0.15, -0.1) is 0 Å². The summed E-state index contributed by atoms with van der Waals surface area (Å²) >= 11 is 0. The molecule has 2 aromatic rings. The van der Waals surface area contributed by atoms with Crippen molar-refractivity contribution in [1.29, 1.82) is 0 Å². The molecule has 1 aromatic carbocycles. The predicted octanol–water partition coefficient (Wildman–Crippen LogP) is 6.94. The number of aryl methyl sites for hydroxylation is 1. The van der Waals surface area contributed by atoms with E-state index in [1.54, 1.807) is 0 Å². The number of unbranched alkanes of at least 4 members (excludes halogenated alkanes) is 7. The number of aliphatic hydroxyl groups is 2. The molecule has 5 heteroatoms. The van der Waals surface area contributed by atoms with Crippen LogP contribution in [-0.4, -0.2) is 46.1 Å². The second-order valence-corrected chi connectivity index (χ2v) is 13.9. The van der Waals surface area contributed by atoms with Crippen molar-refractivity contribution < 1.29 is 15.3 Å². The third-order valence-electron chi connectivity index (χ3n) is 11.4. The van der Waals surface area contributed by atoms with Crippen LogP contribution >= 0.6 is 0 Å². The quantitative estimate of drug-likeness (QED) is 0.177. The van der Waals surface area contributed by atoms with Gasteiger partial charge >= 0.3 is 0 Å². The number of nitrogens with one attached hydrogen (secondary N) is 1. The van der Waals surface area contributed by atoms with Gasteiger partial charge in [-0.2, -0.15) is 0 Å². The van der Waals surface area contributed by atoms with E-state index in [0.717, 1.165) is 70.2 Å². The molecule has 5 rings (SSSR count). The van der Waals surface area contributed by atoms with Gasteiger partial charge in [0.25, 0.3) is 0 Å². The Bertz CT molecular complexity index is 1090. The van der Waals surface area contributed by atoms with Gasteiger partial charge in [-0.25, -0.2) is 0 Å². The summed E-state index contributed by atoms with van der Waals surface area (Å²) in [4.78, 5) is 4.37. The molecule has 0 aliphatic heterocycles. The third-order valence-corrected chi connectivity index (χ3v) is 11.4. The average Bonchev–Trinajstić information content (AvgIpc) is 3.22. The smallest absolute Gasteiger partial charge is 0.115 e. The van der Waals surface area contributed by atoms with Gasteiger partial charge in [-0.3, -0.25) is 4.98 Å². The van der Waals surface area contributed by atoms with Gasteiger partial charge in [-0.1, -0.05) is 64.0 Å². The van der Waals surface area contributed by atoms with Gasteiger partial charge in [0.05, 0.1) is 12.7 Å². The monoisotopic (exact) mass is 562 g/mol. The minimum absolute atomic E-state index is 0.0917. The molecule has 5 nitrogen and oxygen atoms in total. The number of aromatic hydroxyl groups is 1. The van der Waals surface area contributed by atoms with Crippen molar-refractivity contribution in [3.8, 4) is 5.75 Å². The summed E-state index contributed by atoms with van der Waals surface area (Å²) in [5.41, 5.74) is 3.47. The second kappa shape index (κ2) is 14.0. The Morgan fingerprint density at radius 3 is 2.49 bits per heavy atom. The first kappa shape index (κ1) is 30.5. The van der Waals surface area contributed by atoms with Crippen molar-refractivity contribution in [2.45, 2.75) is 115 Å². The fourth-order valence-electron chi connectivity index (χ4n) is 9.03. The van der Waals surface area contributed by atoms with E-state index in [0.29, 0.717) is 23.5 Å². The van der Waals surface area contributed by atoms with Crippen LogP contribution in [0.15, 0.2) is 42.6 Å². The van der Waals surface area contributed by atoms with E-state index in [1.807, 2.05) is 24.4 Å². The Labute approximate surface area is 248 Å². The Morgan fingerprint density at radius 1 is 0.951 bits per heavy atom. The molecule has 4 N–H and O–H groups in total. The standard InChI is InChI=1S/C36H54N2O3/c1-35-20-17-31-30-16-14-29(40)24-27(30)13-15-32(31)33(35)25-36(26-39,34(35)41)19-9-6-4-2-3-5-7-10-21-37-23-18-28-12-8-11-22-38-28/h8,11-12,14,16,22,24,31-34,37,39-41H,2-7,9-10,13,15,17-21,23,25-26H2,1H3/t31?,32?,33?,34-,35+,36-/m1/s1. The molecule has 6 atom stereocenters. The maximum atomic E-state index is 11.7. The third kappa shape index (κ3) is 6.84. The van der Waals surface area contributed by atoms with Crippen LogP contribution in [0, 0.1) is 22.7 Å². The highest BCUT2D eigenvalue weighted by atomic mass is 16.3. The van der Waals surface area contributed by atoms with Gasteiger partial charge in [0.2, 0.25) is 0 Å². The molecule has 0 saturated heterocycles. The Hall–Kier alpha value is -1.95. The number of aliphatic hydroxyl groups excluding tert-OH is 2. The lowest BCUT2D eigenvalue weighted by Gasteiger charge is -2.50. The van der Waals surface area contributed by atoms with E-state index in [2.05, 4.69) is 35.4 Å². The van der Waals surface area contributed by atoms with Crippen LogP contribution in [0.1, 0.15) is 113 Å². The minimum Gasteiger partial charge on any atom is -0.508 e. The van der Waals surface area contributed by atoms with E-state index in [-0.39, 0.29) is 17.4 Å². The molecule has 0 amide bonds. The first-order valence-electron chi connectivity index (χ1n) is 16.7. The van der Waals surface area contributed by atoms with Gasteiger partial charge in [0, 0.05) is 30.3 Å². The highest BCUT2D eigenvalue weighted by molar-refractivity contribution is 5.40. The van der Waals surface area contributed by atoms with Crippen molar-refractivity contribution in [2.75, 3.05) is 19.7 Å². The second-order valence-electron chi connectivity index (χ2n) is 13.9. The normalized spacial score (nSPS) is 30.5. The van der Waals surface area contributed by atoms with Crippen molar-refractivity contribution in [1.82, 2.24) is 10.3 Å². The van der Waals surface area contributed by atoms with Gasteiger partial charge in [0.15, 0.2) is 0 Å². The van der Waals surface area contributed by atoms with E-state index in [1.165, 1.54) is 56.1 Å². The number of phenolic OH excluding ortho intramolecular Hbond substituents is 1. The van der Waals surface area contributed by atoms with Crippen LogP contribution < -0.4 is 5.32 Å². The van der Waals surface area contributed by atoms with E-state index in [4.69, 9.17) is 0 Å². The highest BCUT2D eigenvalue weighted by Crippen LogP contribution is 2.66. The summed E-state index contributed by atoms with van der Waals surface area (Å²) in [6, 6.07) is 12.1. The van der Waals surface area contributed by atoms with Crippen LogP contribution in [0.2, 0.25) is 0 Å². The number of hydrogen-bond acceptors (Lipinski definition) is 5. The zero-order valence-corrected chi connectivity index (χ0v) is 25.4. The van der Waals surface area contributed by atoms with Crippen molar-refractivity contribution in [3.05, 3.63) is 59.4 Å². The number of rotatable bonds is 15. The fraction of sp³-hybridized carbons (Fsp3) is 0.694. The summed E-state index contributed by atoms with van der Waals surface area (Å²) in [5.74, 6) is 1.94. The van der Waals surface area contributed by atoms with Crippen molar-refractivity contribution in [3.63, 3.8) is 0 Å². The largest absolute Gasteiger partial charge is 0.508 e. The predicted molar refractivity (Wildman–Crippen MR) is 166 cm³/mol. The maximum Gasteiger partial charge on any atom is 0.115 e. The molecule has 2 saturated carbocycles. The molecule has 226 valence electrons. The van der Waals surface area contributed by atoms with Crippen LogP contribution in [0.3, 0.4) is 0 Å². The molecule has 3 unspecified atom stereocenters. The molecule has 0 spiro atoms. The molecule has 0 radical (unpaired) electrons. The highest BCUT2D eigenvalue weighted by Gasteiger charge is 2.63. The summed E-state index contributed by atoms with van der Waals surface area (Å²) in [7, 11) is 0. The summed E-state index contributed by atoms with van der Waals surface area (Å²) < 4.78 is 0. The summed E-state index contributed by atoms with van der Waals surface area (Å²) in [6.07, 6.45) is 18.7. The molecule has 1 heterocycles. The summed E-state index contributed by atoms with van der Waals surface area (Å²) in [6.45, 7) is 4.52. The SMILES string of the molecule is C[C@]12CCC3c4ccc(O)cc4CCC3C1C[C@@](CO)(CCCCCCCCCCNCCc1ccccn1)[C@@H]2O. The molecule has 1 aromatic heterocycles. The van der Waals surface area contributed by atoms with E-state index >= 15 is 0 Å². The van der Waals surface area contributed by atoms with E-state index in [9.17, 15) is 15.3 Å². The number of aromatic nitrogens is 1. The molecular formula is C36H54N2O3. The molecule has 3 aliphatic carbocycles. The Balaban J connectivity index is 0.992. The van der Waals surface area contributed by atoms with Crippen LogP contribution in [0.4, 0.5) is 0 Å². The number of benzene rings is 1. The van der Waals surface area contributed by atoms with Crippen molar-refractivity contribution in [2.24, 2.45) is 22.7 Å². The first-order chi connectivity index (χ1) is 20.0. The number of phenols is 1. The maximum absolute atomic E-state index is 11.7. The Kier molecular flexibility index (Phi) is 10.4. The zero-order chi connectivity index (χ0) is 28.7. The molecular weight excluding hydrogens is 508 g/mol. The fourth-order valence-corrected chi connectivity index (χ4v) is 9.03. The topological polar surface area (TPSA) is 85.6 Å². The number of nitrogens with zero attached hydrogens (tertiary/aromatic N) is 1. The molecule has 41 heavy (non-hydrogen) atoms. The van der Waals surface area contributed by atoms with Gasteiger partial charge in [0.1, 0.15) is 5.75 Å². The van der Waals surface area contributed by atoms with Crippen LogP contribution in [-0.2, 0) is 12.8 Å². The number of fused-ring (bicyclic) bond motifs is 5. The molecule has 3 aliphatic rings. The van der Waals surface area contributed by atoms with Crippen LogP contribution in [0.5, 0.6) is 5.75 Å². The van der Waals surface area contributed by atoms with Gasteiger partial charge in [-0.05, 0) is 110 Å². The first-order valence-corrected chi connectivity index (χ1v) is 16.7. The summed E-state index contributed by atoms with van der Waals surface area (Å²) in [5, 5.41) is 36.0. The zero-order valence-electron chi connectivity index (χ0n) is 25.4. The Morgan fingerprint density at radius 2 is 1.73 bits per heavy atom. The average molecular weight is 563 g/mol. The van der Waals surface area contributed by atoms with Crippen molar-refractivity contribution >= 4 is 0 Å².